The minimum absolute atomic E-state index is 0.0900. The van der Waals surface area contributed by atoms with Gasteiger partial charge in [-0.25, -0.2) is 0 Å². The number of benzene rings is 3. The van der Waals surface area contributed by atoms with Crippen LogP contribution in [0.4, 0.5) is 11.4 Å². The number of para-hydroxylation sites is 1. The zero-order valence-electron chi connectivity index (χ0n) is 18.4. The first-order valence-corrected chi connectivity index (χ1v) is 10.5. The maximum atomic E-state index is 12.7. The Kier molecular flexibility index (Phi) is 7.39. The Morgan fingerprint density at radius 3 is 2.09 bits per heavy atom. The van der Waals surface area contributed by atoms with E-state index in [0.717, 1.165) is 11.1 Å². The molecular weight excluding hydrogens is 402 g/mol. The van der Waals surface area contributed by atoms with Crippen LogP contribution in [0.5, 0.6) is 0 Å². The third-order valence-corrected chi connectivity index (χ3v) is 4.93. The van der Waals surface area contributed by atoms with Crippen molar-refractivity contribution < 1.29 is 14.4 Å². The quantitative estimate of drug-likeness (QED) is 0.505. The lowest BCUT2D eigenvalue weighted by molar-refractivity contribution is -0.118. The third kappa shape index (κ3) is 6.04. The highest BCUT2D eigenvalue weighted by atomic mass is 16.2. The van der Waals surface area contributed by atoms with Gasteiger partial charge in [0.05, 0.1) is 11.3 Å². The minimum atomic E-state index is -0.342. The molecule has 0 saturated heterocycles. The summed E-state index contributed by atoms with van der Waals surface area (Å²) in [5, 5.41) is 8.49. The highest BCUT2D eigenvalue weighted by Crippen LogP contribution is 2.18. The van der Waals surface area contributed by atoms with Gasteiger partial charge in [-0.3, -0.25) is 14.4 Å². The van der Waals surface area contributed by atoms with Crippen LogP contribution in [0.15, 0.2) is 72.8 Å². The van der Waals surface area contributed by atoms with E-state index < -0.39 is 0 Å². The van der Waals surface area contributed by atoms with E-state index in [0.29, 0.717) is 29.0 Å². The van der Waals surface area contributed by atoms with Crippen molar-refractivity contribution in [3.63, 3.8) is 0 Å². The Morgan fingerprint density at radius 1 is 0.781 bits per heavy atom. The molecule has 0 fully saturated rings. The first kappa shape index (κ1) is 22.7. The van der Waals surface area contributed by atoms with Crippen molar-refractivity contribution in [3.05, 3.63) is 95.1 Å². The van der Waals surface area contributed by atoms with E-state index in [9.17, 15) is 14.4 Å². The lowest BCUT2D eigenvalue weighted by atomic mass is 10.1. The number of rotatable bonds is 7. The van der Waals surface area contributed by atoms with E-state index in [4.69, 9.17) is 0 Å². The van der Waals surface area contributed by atoms with Gasteiger partial charge in [-0.2, -0.15) is 0 Å². The summed E-state index contributed by atoms with van der Waals surface area (Å²) in [4.78, 5) is 37.2. The van der Waals surface area contributed by atoms with E-state index >= 15 is 0 Å². The summed E-state index contributed by atoms with van der Waals surface area (Å²) in [5.41, 5.74) is 4.00. The number of nitrogens with one attached hydrogen (secondary N) is 3. The van der Waals surface area contributed by atoms with Crippen molar-refractivity contribution in [1.82, 2.24) is 5.32 Å². The van der Waals surface area contributed by atoms with E-state index in [2.05, 4.69) is 16.0 Å². The summed E-state index contributed by atoms with van der Waals surface area (Å²) in [6.07, 6.45) is 0. The Bertz CT molecular complexity index is 1100. The molecule has 0 aliphatic heterocycles. The standard InChI is InChI=1S/C26H27N3O3/c1-17(2)24(30)28-21-14-12-20(13-15-21)25(31)29-23-7-5-4-6-22(23)26(32)27-16-19-10-8-18(3)9-11-19/h4-15,17H,16H2,1-3H3,(H,27,32)(H,28,30)(H,29,31). The van der Waals surface area contributed by atoms with Crippen molar-refractivity contribution in [3.8, 4) is 0 Å². The fraction of sp³-hybridized carbons (Fsp3) is 0.192. The first-order valence-electron chi connectivity index (χ1n) is 10.5. The molecule has 3 aromatic rings. The molecule has 3 N–H and O–H groups in total. The summed E-state index contributed by atoms with van der Waals surface area (Å²) >= 11 is 0. The molecule has 3 aromatic carbocycles. The normalized spacial score (nSPS) is 10.5. The molecule has 0 bridgehead atoms. The molecule has 6 nitrogen and oxygen atoms in total. The third-order valence-electron chi connectivity index (χ3n) is 4.93. The monoisotopic (exact) mass is 429 g/mol. The van der Waals surface area contributed by atoms with Gasteiger partial charge < -0.3 is 16.0 Å². The molecular formula is C26H27N3O3. The predicted octanol–water partition coefficient (Wildman–Crippen LogP) is 4.77. The molecule has 0 radical (unpaired) electrons. The smallest absolute Gasteiger partial charge is 0.255 e. The fourth-order valence-electron chi connectivity index (χ4n) is 2.96. The highest BCUT2D eigenvalue weighted by molar-refractivity contribution is 6.09. The molecule has 3 amide bonds. The summed E-state index contributed by atoms with van der Waals surface area (Å²) in [5.74, 6) is -0.835. The van der Waals surface area contributed by atoms with Gasteiger partial charge in [0.15, 0.2) is 0 Å². The molecule has 0 saturated carbocycles. The van der Waals surface area contributed by atoms with Crippen molar-refractivity contribution in [2.45, 2.75) is 27.3 Å². The van der Waals surface area contributed by atoms with Gasteiger partial charge in [-0.15, -0.1) is 0 Å². The van der Waals surface area contributed by atoms with Gasteiger partial charge in [0, 0.05) is 23.7 Å². The van der Waals surface area contributed by atoms with E-state index in [-0.39, 0.29) is 23.6 Å². The Morgan fingerprint density at radius 2 is 1.44 bits per heavy atom. The molecule has 0 unspecified atom stereocenters. The maximum absolute atomic E-state index is 12.7. The minimum Gasteiger partial charge on any atom is -0.348 e. The van der Waals surface area contributed by atoms with Gasteiger partial charge in [-0.1, -0.05) is 55.8 Å². The van der Waals surface area contributed by atoms with Crippen LogP contribution in [0.1, 0.15) is 45.7 Å². The molecule has 0 aliphatic rings. The van der Waals surface area contributed by atoms with Crippen molar-refractivity contribution >= 4 is 29.1 Å². The molecule has 3 rings (SSSR count). The fourth-order valence-corrected chi connectivity index (χ4v) is 2.96. The Balaban J connectivity index is 1.66. The van der Waals surface area contributed by atoms with Gasteiger partial charge >= 0.3 is 0 Å². The second kappa shape index (κ2) is 10.4. The van der Waals surface area contributed by atoms with Crippen LogP contribution in [-0.4, -0.2) is 17.7 Å². The van der Waals surface area contributed by atoms with Crippen molar-refractivity contribution in [1.29, 1.82) is 0 Å². The molecule has 32 heavy (non-hydrogen) atoms. The van der Waals surface area contributed by atoms with Crippen LogP contribution in [-0.2, 0) is 11.3 Å². The summed E-state index contributed by atoms with van der Waals surface area (Å²) in [7, 11) is 0. The van der Waals surface area contributed by atoms with E-state index in [1.807, 2.05) is 45.0 Å². The highest BCUT2D eigenvalue weighted by Gasteiger charge is 2.14. The van der Waals surface area contributed by atoms with Gasteiger partial charge in [0.25, 0.3) is 11.8 Å². The van der Waals surface area contributed by atoms with Crippen molar-refractivity contribution in [2.24, 2.45) is 5.92 Å². The van der Waals surface area contributed by atoms with Crippen LogP contribution in [0.2, 0.25) is 0 Å². The zero-order valence-corrected chi connectivity index (χ0v) is 18.4. The van der Waals surface area contributed by atoms with Crippen molar-refractivity contribution in [2.75, 3.05) is 10.6 Å². The number of hydrogen-bond donors (Lipinski definition) is 3. The number of carbonyl (C=O) groups excluding carboxylic acids is 3. The van der Waals surface area contributed by atoms with Crippen LogP contribution in [0.25, 0.3) is 0 Å². The summed E-state index contributed by atoms with van der Waals surface area (Å²) in [6, 6.07) is 21.4. The molecule has 0 aliphatic carbocycles. The Hall–Kier alpha value is -3.93. The molecule has 0 spiro atoms. The van der Waals surface area contributed by atoms with Crippen LogP contribution in [0, 0.1) is 12.8 Å². The van der Waals surface area contributed by atoms with Crippen LogP contribution < -0.4 is 16.0 Å². The molecule has 0 heterocycles. The number of aryl methyl sites for hydroxylation is 1. The van der Waals surface area contributed by atoms with Gasteiger partial charge in [0.1, 0.15) is 0 Å². The van der Waals surface area contributed by atoms with E-state index in [1.165, 1.54) is 0 Å². The number of anilines is 2. The summed E-state index contributed by atoms with van der Waals surface area (Å²) in [6.45, 7) is 6.03. The average Bonchev–Trinajstić information content (AvgIpc) is 2.79. The number of carbonyl (C=O) groups is 3. The number of hydrogen-bond acceptors (Lipinski definition) is 3. The van der Waals surface area contributed by atoms with Gasteiger partial charge in [-0.05, 0) is 48.9 Å². The topological polar surface area (TPSA) is 87.3 Å². The SMILES string of the molecule is Cc1ccc(CNC(=O)c2ccccc2NC(=O)c2ccc(NC(=O)C(C)C)cc2)cc1. The molecule has 6 heteroatoms. The maximum Gasteiger partial charge on any atom is 0.255 e. The molecule has 0 aromatic heterocycles. The van der Waals surface area contributed by atoms with Gasteiger partial charge in [0.2, 0.25) is 5.91 Å². The largest absolute Gasteiger partial charge is 0.348 e. The lowest BCUT2D eigenvalue weighted by Gasteiger charge is -2.12. The number of amides is 3. The van der Waals surface area contributed by atoms with Crippen LogP contribution >= 0.6 is 0 Å². The molecule has 164 valence electrons. The Labute approximate surface area is 188 Å². The average molecular weight is 430 g/mol. The molecule has 0 atom stereocenters. The van der Waals surface area contributed by atoms with E-state index in [1.54, 1.807) is 48.5 Å². The lowest BCUT2D eigenvalue weighted by Crippen LogP contribution is -2.25. The van der Waals surface area contributed by atoms with Crippen LogP contribution in [0.3, 0.4) is 0 Å². The first-order chi connectivity index (χ1) is 15.3. The second-order valence-electron chi connectivity index (χ2n) is 7.89. The predicted molar refractivity (Wildman–Crippen MR) is 127 cm³/mol. The second-order valence-corrected chi connectivity index (χ2v) is 7.89. The zero-order chi connectivity index (χ0) is 23.1. The summed E-state index contributed by atoms with van der Waals surface area (Å²) < 4.78 is 0.